The number of amides is 2. The van der Waals surface area contributed by atoms with Crippen LogP contribution in [0.1, 0.15) is 35.1 Å². The van der Waals surface area contributed by atoms with E-state index in [4.69, 9.17) is 9.47 Å². The van der Waals surface area contributed by atoms with Gasteiger partial charge in [0.1, 0.15) is 25.5 Å². The van der Waals surface area contributed by atoms with Crippen molar-refractivity contribution in [2.75, 3.05) is 23.7 Å². The minimum atomic E-state index is -0.520. The van der Waals surface area contributed by atoms with Crippen molar-refractivity contribution in [2.24, 2.45) is 0 Å². The molecule has 4 aromatic rings. The number of para-hydroxylation sites is 2. The molecule has 0 aromatic heterocycles. The van der Waals surface area contributed by atoms with Crippen LogP contribution in [0.5, 0.6) is 0 Å². The topological polar surface area (TPSA) is 83.1 Å². The van der Waals surface area contributed by atoms with Gasteiger partial charge in [-0.3, -0.25) is 9.80 Å². The average molecular weight is 587 g/mol. The van der Waals surface area contributed by atoms with Crippen LogP contribution in [0.15, 0.2) is 109 Å². The quantitative estimate of drug-likeness (QED) is 0.280. The van der Waals surface area contributed by atoms with Crippen molar-refractivity contribution in [3.05, 3.63) is 131 Å². The smallest absolute Gasteiger partial charge is 0.411 e. The van der Waals surface area contributed by atoms with Gasteiger partial charge < -0.3 is 20.1 Å². The summed E-state index contributed by atoms with van der Waals surface area (Å²) in [5.74, 6) is 0. The van der Waals surface area contributed by atoms with Crippen LogP contribution in [0, 0.1) is 0 Å². The molecule has 0 unspecified atom stereocenters. The Morgan fingerprint density at radius 3 is 1.41 bits per heavy atom. The molecule has 0 bridgehead atoms. The van der Waals surface area contributed by atoms with Crippen molar-refractivity contribution < 1.29 is 19.1 Å². The van der Waals surface area contributed by atoms with Crippen LogP contribution >= 0.6 is 0 Å². The number of hydrogen-bond donors (Lipinski definition) is 2. The van der Waals surface area contributed by atoms with Crippen molar-refractivity contribution in [3.63, 3.8) is 0 Å². The summed E-state index contributed by atoms with van der Waals surface area (Å²) >= 11 is 0. The lowest BCUT2D eigenvalue weighted by Crippen LogP contribution is -2.61. The van der Waals surface area contributed by atoms with Gasteiger partial charge in [0.25, 0.3) is 0 Å². The SMILES string of the molecule is O=C(OCc1ccccc1)N1CC[C@@]2([C@@]34CCN(C(=O)OCc5ccccc5)[C@@H]3Nc3ccccc34)c3ccccc3N[C@@H]12. The van der Waals surface area contributed by atoms with E-state index in [0.29, 0.717) is 13.1 Å². The van der Waals surface area contributed by atoms with Gasteiger partial charge in [-0.1, -0.05) is 97.1 Å². The summed E-state index contributed by atoms with van der Waals surface area (Å²) in [7, 11) is 0. The van der Waals surface area contributed by atoms with E-state index in [1.807, 2.05) is 82.6 Å². The molecule has 0 aliphatic carbocycles. The predicted molar refractivity (Wildman–Crippen MR) is 167 cm³/mol. The molecule has 8 nitrogen and oxygen atoms in total. The zero-order chi connectivity index (χ0) is 29.7. The lowest BCUT2D eigenvalue weighted by Gasteiger charge is -2.48. The molecule has 4 aromatic carbocycles. The standard InChI is InChI=1S/C36H34N4O4/c41-33(43-23-25-11-3-1-4-12-25)39-21-19-35(27-15-7-9-17-29(27)37-31(35)39)36-20-22-40(32(36)38-30-18-10-8-16-28(30)36)34(42)44-24-26-13-5-2-6-14-26/h1-18,31-32,37-38H,19-24H2/t31-,32-,35+,36+/m0/s1. The van der Waals surface area contributed by atoms with Crippen molar-refractivity contribution in [1.82, 2.24) is 9.80 Å². The first-order valence-electron chi connectivity index (χ1n) is 15.3. The fourth-order valence-electron chi connectivity index (χ4n) is 8.33. The van der Waals surface area contributed by atoms with Gasteiger partial charge in [-0.05, 0) is 47.2 Å². The van der Waals surface area contributed by atoms with Crippen molar-refractivity contribution in [1.29, 1.82) is 0 Å². The van der Waals surface area contributed by atoms with Crippen LogP contribution in [-0.4, -0.2) is 47.4 Å². The van der Waals surface area contributed by atoms with Crippen LogP contribution in [0.2, 0.25) is 0 Å². The molecule has 4 atom stereocenters. The lowest BCUT2D eigenvalue weighted by molar-refractivity contribution is 0.0716. The molecule has 2 N–H and O–H groups in total. The van der Waals surface area contributed by atoms with Crippen molar-refractivity contribution in [2.45, 2.75) is 49.2 Å². The number of hydrogen-bond acceptors (Lipinski definition) is 6. The number of benzene rings is 4. The maximum Gasteiger partial charge on any atom is 0.411 e. The highest BCUT2D eigenvalue weighted by Gasteiger charge is 2.73. The molecule has 0 saturated carbocycles. The summed E-state index contributed by atoms with van der Waals surface area (Å²) < 4.78 is 11.8. The molecule has 0 spiro atoms. The Hall–Kier alpha value is -4.98. The highest BCUT2D eigenvalue weighted by Crippen LogP contribution is 2.66. The second-order valence-electron chi connectivity index (χ2n) is 12.1. The minimum absolute atomic E-state index is 0.210. The van der Waals surface area contributed by atoms with Crippen LogP contribution in [-0.2, 0) is 33.5 Å². The second kappa shape index (κ2) is 10.3. The van der Waals surface area contributed by atoms with Gasteiger partial charge in [0, 0.05) is 24.5 Å². The van der Waals surface area contributed by atoms with Crippen LogP contribution < -0.4 is 10.6 Å². The molecule has 4 heterocycles. The maximum absolute atomic E-state index is 13.8. The average Bonchev–Trinajstić information content (AvgIpc) is 3.80. The molecule has 44 heavy (non-hydrogen) atoms. The molecule has 222 valence electrons. The Kier molecular flexibility index (Phi) is 6.25. The van der Waals surface area contributed by atoms with E-state index in [9.17, 15) is 9.59 Å². The molecule has 2 fully saturated rings. The fraction of sp³-hybridized carbons (Fsp3) is 0.278. The third-order valence-electron chi connectivity index (χ3n) is 10.1. The van der Waals surface area contributed by atoms with E-state index in [0.717, 1.165) is 35.3 Å². The number of nitrogens with zero attached hydrogens (tertiary/aromatic N) is 2. The Morgan fingerprint density at radius 2 is 0.977 bits per heavy atom. The summed E-state index contributed by atoms with van der Waals surface area (Å²) in [4.78, 5) is 31.2. The monoisotopic (exact) mass is 586 g/mol. The van der Waals surface area contributed by atoms with Crippen LogP contribution in [0.4, 0.5) is 21.0 Å². The van der Waals surface area contributed by atoms with E-state index in [-0.39, 0.29) is 37.7 Å². The third kappa shape index (κ3) is 3.83. The number of fused-ring (bicyclic) bond motifs is 7. The van der Waals surface area contributed by atoms with Gasteiger partial charge in [-0.15, -0.1) is 0 Å². The maximum atomic E-state index is 13.8. The Labute approximate surface area is 256 Å². The fourth-order valence-corrected chi connectivity index (χ4v) is 8.33. The largest absolute Gasteiger partial charge is 0.444 e. The number of ether oxygens (including phenoxy) is 2. The summed E-state index contributed by atoms with van der Waals surface area (Å²) in [6.07, 6.45) is 0.0665. The van der Waals surface area contributed by atoms with Gasteiger partial charge >= 0.3 is 12.2 Å². The molecular weight excluding hydrogens is 552 g/mol. The van der Waals surface area contributed by atoms with Gasteiger partial charge in [0.05, 0.1) is 10.8 Å². The van der Waals surface area contributed by atoms with E-state index in [1.54, 1.807) is 0 Å². The number of anilines is 2. The number of rotatable bonds is 5. The second-order valence-corrected chi connectivity index (χ2v) is 12.1. The first-order chi connectivity index (χ1) is 21.6. The van der Waals surface area contributed by atoms with Crippen molar-refractivity contribution in [3.8, 4) is 0 Å². The summed E-state index contributed by atoms with van der Waals surface area (Å²) in [5.41, 5.74) is 5.23. The summed E-state index contributed by atoms with van der Waals surface area (Å²) in [6.45, 7) is 1.49. The van der Waals surface area contributed by atoms with Crippen LogP contribution in [0.3, 0.4) is 0 Å². The first-order valence-corrected chi connectivity index (χ1v) is 15.3. The summed E-state index contributed by atoms with van der Waals surface area (Å²) in [6, 6.07) is 36.2. The zero-order valence-corrected chi connectivity index (χ0v) is 24.3. The molecule has 8 heteroatoms. The molecule has 2 amide bonds. The summed E-state index contributed by atoms with van der Waals surface area (Å²) in [5, 5.41) is 7.47. The normalized spacial score (nSPS) is 25.7. The molecule has 8 rings (SSSR count). The minimum Gasteiger partial charge on any atom is -0.444 e. The van der Waals surface area contributed by atoms with Gasteiger partial charge in [-0.2, -0.15) is 0 Å². The highest BCUT2D eigenvalue weighted by molar-refractivity contribution is 5.79. The molecule has 2 saturated heterocycles. The zero-order valence-electron chi connectivity index (χ0n) is 24.3. The first kappa shape index (κ1) is 26.6. The van der Waals surface area contributed by atoms with Crippen LogP contribution in [0.25, 0.3) is 0 Å². The number of nitrogens with one attached hydrogen (secondary N) is 2. The third-order valence-corrected chi connectivity index (χ3v) is 10.1. The van der Waals surface area contributed by atoms with Gasteiger partial charge in [0.15, 0.2) is 0 Å². The lowest BCUT2D eigenvalue weighted by atomic mass is 9.55. The van der Waals surface area contributed by atoms with E-state index >= 15 is 0 Å². The highest BCUT2D eigenvalue weighted by atomic mass is 16.6. The Morgan fingerprint density at radius 1 is 0.591 bits per heavy atom. The van der Waals surface area contributed by atoms with Gasteiger partial charge in [0.2, 0.25) is 0 Å². The van der Waals surface area contributed by atoms with E-state index < -0.39 is 10.8 Å². The number of carbonyl (C=O) groups excluding carboxylic acids is 2. The number of carbonyl (C=O) groups is 2. The van der Waals surface area contributed by atoms with E-state index in [1.165, 1.54) is 11.1 Å². The molecule has 0 radical (unpaired) electrons. The Bertz CT molecular complexity index is 1590. The number of likely N-dealkylation sites (tertiary alicyclic amines) is 2. The molecular formula is C36H34N4O4. The van der Waals surface area contributed by atoms with E-state index in [2.05, 4.69) is 47.0 Å². The van der Waals surface area contributed by atoms with Crippen molar-refractivity contribution >= 4 is 23.6 Å². The molecule has 4 aliphatic heterocycles. The Balaban J connectivity index is 1.17. The molecule has 4 aliphatic rings. The van der Waals surface area contributed by atoms with Gasteiger partial charge in [-0.25, -0.2) is 9.59 Å². The predicted octanol–water partition coefficient (Wildman–Crippen LogP) is 6.45.